The monoisotopic (exact) mass is 288 g/mol. The van der Waals surface area contributed by atoms with Crippen molar-refractivity contribution in [1.82, 2.24) is 0 Å². The van der Waals surface area contributed by atoms with Crippen molar-refractivity contribution in [3.05, 3.63) is 59.1 Å². The van der Waals surface area contributed by atoms with Gasteiger partial charge in [0.15, 0.2) is 0 Å². The van der Waals surface area contributed by atoms with Crippen LogP contribution in [0, 0.1) is 6.92 Å². The summed E-state index contributed by atoms with van der Waals surface area (Å²) in [5.74, 6) is -0.103. The summed E-state index contributed by atoms with van der Waals surface area (Å²) in [6.45, 7) is 3.84. The molecule has 0 aliphatic carbocycles. The van der Waals surface area contributed by atoms with E-state index in [1.807, 2.05) is 44.2 Å². The number of rotatable bonds is 4. The molecule has 0 bridgehead atoms. The van der Waals surface area contributed by atoms with E-state index < -0.39 is 0 Å². The van der Waals surface area contributed by atoms with E-state index in [9.17, 15) is 4.79 Å². The Kier molecular flexibility index (Phi) is 4.64. The van der Waals surface area contributed by atoms with Crippen LogP contribution in [-0.4, -0.2) is 11.9 Å². The molecular formula is C16H17ClN2O. The standard InChI is InChI=1S/C16H17ClN2O/c1-11-5-3-7-14(9-11)18-12(2)16(20)19-15-8-4-6-13(17)10-15/h3-10,12,18H,1-2H3,(H,19,20)/t12-/m1/s1. The van der Waals surface area contributed by atoms with E-state index in [-0.39, 0.29) is 11.9 Å². The molecule has 3 nitrogen and oxygen atoms in total. The van der Waals surface area contributed by atoms with Crippen molar-refractivity contribution in [1.29, 1.82) is 0 Å². The zero-order valence-corrected chi connectivity index (χ0v) is 12.2. The van der Waals surface area contributed by atoms with Gasteiger partial charge in [0, 0.05) is 16.4 Å². The predicted octanol–water partition coefficient (Wildman–Crippen LogP) is 4.09. The van der Waals surface area contributed by atoms with E-state index in [0.29, 0.717) is 10.7 Å². The van der Waals surface area contributed by atoms with Crippen molar-refractivity contribution in [2.75, 3.05) is 10.6 Å². The lowest BCUT2D eigenvalue weighted by atomic mass is 10.2. The summed E-state index contributed by atoms with van der Waals surface area (Å²) < 4.78 is 0. The third kappa shape index (κ3) is 4.00. The van der Waals surface area contributed by atoms with Crippen LogP contribution in [0.1, 0.15) is 12.5 Å². The summed E-state index contributed by atoms with van der Waals surface area (Å²) in [6, 6.07) is 14.7. The second-order valence-corrected chi connectivity index (χ2v) is 5.17. The highest BCUT2D eigenvalue weighted by Crippen LogP contribution is 2.16. The van der Waals surface area contributed by atoms with Gasteiger partial charge >= 0.3 is 0 Å². The molecule has 0 fully saturated rings. The lowest BCUT2D eigenvalue weighted by Gasteiger charge is -2.15. The van der Waals surface area contributed by atoms with Gasteiger partial charge < -0.3 is 10.6 Å². The van der Waals surface area contributed by atoms with Crippen molar-refractivity contribution in [2.24, 2.45) is 0 Å². The summed E-state index contributed by atoms with van der Waals surface area (Å²) in [7, 11) is 0. The molecule has 0 spiro atoms. The van der Waals surface area contributed by atoms with Crippen molar-refractivity contribution in [3.63, 3.8) is 0 Å². The topological polar surface area (TPSA) is 41.1 Å². The number of nitrogens with one attached hydrogen (secondary N) is 2. The van der Waals surface area contributed by atoms with Gasteiger partial charge in [-0.1, -0.05) is 29.8 Å². The molecule has 4 heteroatoms. The summed E-state index contributed by atoms with van der Waals surface area (Å²) in [5.41, 5.74) is 2.77. The number of halogens is 1. The first-order valence-corrected chi connectivity index (χ1v) is 6.82. The second kappa shape index (κ2) is 6.44. The highest BCUT2D eigenvalue weighted by molar-refractivity contribution is 6.30. The zero-order valence-electron chi connectivity index (χ0n) is 11.5. The Morgan fingerprint density at radius 1 is 1.10 bits per heavy atom. The Hall–Kier alpha value is -2.00. The van der Waals surface area contributed by atoms with Crippen LogP contribution in [-0.2, 0) is 4.79 Å². The first kappa shape index (κ1) is 14.4. The van der Waals surface area contributed by atoms with Gasteiger partial charge in [0.05, 0.1) is 0 Å². The highest BCUT2D eigenvalue weighted by Gasteiger charge is 2.12. The van der Waals surface area contributed by atoms with Gasteiger partial charge in [-0.05, 0) is 49.7 Å². The SMILES string of the molecule is Cc1cccc(N[C@H](C)C(=O)Nc2cccc(Cl)c2)c1. The Labute approximate surface area is 124 Å². The minimum absolute atomic E-state index is 0.103. The maximum atomic E-state index is 12.1. The van der Waals surface area contributed by atoms with Gasteiger partial charge in [-0.15, -0.1) is 0 Å². The average Bonchev–Trinajstić information content (AvgIpc) is 2.38. The molecule has 1 atom stereocenters. The maximum Gasteiger partial charge on any atom is 0.246 e. The van der Waals surface area contributed by atoms with E-state index in [4.69, 9.17) is 11.6 Å². The van der Waals surface area contributed by atoms with Crippen LogP contribution in [0.25, 0.3) is 0 Å². The highest BCUT2D eigenvalue weighted by atomic mass is 35.5. The van der Waals surface area contributed by atoms with Gasteiger partial charge in [0.2, 0.25) is 5.91 Å². The van der Waals surface area contributed by atoms with Gasteiger partial charge in [-0.25, -0.2) is 0 Å². The first-order chi connectivity index (χ1) is 9.54. The maximum absolute atomic E-state index is 12.1. The molecule has 1 amide bonds. The van der Waals surface area contributed by atoms with Crippen LogP contribution in [0.5, 0.6) is 0 Å². The molecule has 0 heterocycles. The third-order valence-electron chi connectivity index (χ3n) is 2.89. The minimum atomic E-state index is -0.337. The molecule has 2 N–H and O–H groups in total. The lowest BCUT2D eigenvalue weighted by Crippen LogP contribution is -2.31. The molecule has 104 valence electrons. The summed E-state index contributed by atoms with van der Waals surface area (Å²) in [4.78, 5) is 12.1. The number of hydrogen-bond donors (Lipinski definition) is 2. The van der Waals surface area contributed by atoms with Gasteiger partial charge in [0.1, 0.15) is 6.04 Å². The number of anilines is 2. The first-order valence-electron chi connectivity index (χ1n) is 6.44. The van der Waals surface area contributed by atoms with Crippen molar-refractivity contribution in [2.45, 2.75) is 19.9 Å². The number of hydrogen-bond acceptors (Lipinski definition) is 2. The van der Waals surface area contributed by atoms with E-state index in [1.165, 1.54) is 0 Å². The Morgan fingerprint density at radius 2 is 1.80 bits per heavy atom. The largest absolute Gasteiger partial charge is 0.374 e. The van der Waals surface area contributed by atoms with Gasteiger partial charge in [-0.3, -0.25) is 4.79 Å². The molecule has 0 saturated heterocycles. The normalized spacial score (nSPS) is 11.8. The second-order valence-electron chi connectivity index (χ2n) is 4.74. The third-order valence-corrected chi connectivity index (χ3v) is 3.12. The molecular weight excluding hydrogens is 272 g/mol. The number of carbonyl (C=O) groups is 1. The smallest absolute Gasteiger partial charge is 0.246 e. The molecule has 0 unspecified atom stereocenters. The van der Waals surface area contributed by atoms with E-state index >= 15 is 0 Å². The van der Waals surface area contributed by atoms with E-state index in [0.717, 1.165) is 11.3 Å². The van der Waals surface area contributed by atoms with Crippen molar-refractivity contribution in [3.8, 4) is 0 Å². The van der Waals surface area contributed by atoms with Crippen molar-refractivity contribution >= 4 is 28.9 Å². The van der Waals surface area contributed by atoms with Crippen LogP contribution in [0.2, 0.25) is 5.02 Å². The van der Waals surface area contributed by atoms with Crippen molar-refractivity contribution < 1.29 is 4.79 Å². The number of benzene rings is 2. The molecule has 2 rings (SSSR count). The fourth-order valence-electron chi connectivity index (χ4n) is 1.87. The van der Waals surface area contributed by atoms with Crippen LogP contribution in [0.3, 0.4) is 0 Å². The zero-order chi connectivity index (χ0) is 14.5. The van der Waals surface area contributed by atoms with Crippen LogP contribution in [0.4, 0.5) is 11.4 Å². The molecule has 2 aromatic carbocycles. The molecule has 20 heavy (non-hydrogen) atoms. The fraction of sp³-hybridized carbons (Fsp3) is 0.188. The van der Waals surface area contributed by atoms with Gasteiger partial charge in [-0.2, -0.15) is 0 Å². The fourth-order valence-corrected chi connectivity index (χ4v) is 2.06. The Bertz CT molecular complexity index is 613. The number of carbonyl (C=O) groups excluding carboxylic acids is 1. The summed E-state index contributed by atoms with van der Waals surface area (Å²) in [6.07, 6.45) is 0. The van der Waals surface area contributed by atoms with Gasteiger partial charge in [0.25, 0.3) is 0 Å². The summed E-state index contributed by atoms with van der Waals surface area (Å²) in [5, 5.41) is 6.60. The quantitative estimate of drug-likeness (QED) is 0.890. The van der Waals surface area contributed by atoms with E-state index in [2.05, 4.69) is 10.6 Å². The number of aryl methyl sites for hydroxylation is 1. The van der Waals surface area contributed by atoms with Crippen LogP contribution in [0.15, 0.2) is 48.5 Å². The predicted molar refractivity (Wildman–Crippen MR) is 84.3 cm³/mol. The molecule has 0 saturated carbocycles. The molecule has 0 aromatic heterocycles. The van der Waals surface area contributed by atoms with Crippen LogP contribution < -0.4 is 10.6 Å². The molecule has 2 aromatic rings. The summed E-state index contributed by atoms with van der Waals surface area (Å²) >= 11 is 5.89. The molecule has 0 aliphatic heterocycles. The van der Waals surface area contributed by atoms with E-state index in [1.54, 1.807) is 18.2 Å². The molecule has 0 radical (unpaired) electrons. The average molecular weight is 289 g/mol. The lowest BCUT2D eigenvalue weighted by molar-refractivity contribution is -0.116. The Balaban J connectivity index is 1.98. The Morgan fingerprint density at radius 3 is 2.50 bits per heavy atom. The minimum Gasteiger partial charge on any atom is -0.374 e. The number of amides is 1. The van der Waals surface area contributed by atoms with Crippen LogP contribution >= 0.6 is 11.6 Å². The molecule has 0 aliphatic rings.